The molecule has 27 heavy (non-hydrogen) atoms. The first-order valence-corrected chi connectivity index (χ1v) is 10.3. The van der Waals surface area contributed by atoms with E-state index in [9.17, 15) is 9.59 Å². The summed E-state index contributed by atoms with van der Waals surface area (Å²) in [6, 6.07) is 9.81. The molecule has 0 unspecified atom stereocenters. The van der Waals surface area contributed by atoms with Crippen LogP contribution >= 0.6 is 11.3 Å². The van der Waals surface area contributed by atoms with Crippen LogP contribution in [0.3, 0.4) is 0 Å². The molecule has 2 aromatic rings. The summed E-state index contributed by atoms with van der Waals surface area (Å²) in [5.74, 6) is -0.146. The van der Waals surface area contributed by atoms with Crippen LogP contribution in [-0.4, -0.2) is 53.8 Å². The zero-order valence-electron chi connectivity index (χ0n) is 15.9. The minimum Gasteiger partial charge on any atom is -0.296 e. The Bertz CT molecular complexity index is 821. The van der Waals surface area contributed by atoms with E-state index in [0.29, 0.717) is 0 Å². The molecule has 3 heterocycles. The van der Waals surface area contributed by atoms with Crippen LogP contribution in [0.15, 0.2) is 35.7 Å². The van der Waals surface area contributed by atoms with E-state index >= 15 is 0 Å². The Morgan fingerprint density at radius 2 is 1.70 bits per heavy atom. The first kappa shape index (κ1) is 18.3. The first-order valence-electron chi connectivity index (χ1n) is 9.46. The largest absolute Gasteiger partial charge is 0.296 e. The number of imide groups is 1. The average molecular weight is 384 g/mol. The van der Waals surface area contributed by atoms with E-state index in [-0.39, 0.29) is 24.3 Å². The van der Waals surface area contributed by atoms with Gasteiger partial charge in [-0.1, -0.05) is 24.3 Å². The van der Waals surface area contributed by atoms with Gasteiger partial charge in [0.05, 0.1) is 18.2 Å². The van der Waals surface area contributed by atoms with Gasteiger partial charge in [-0.3, -0.25) is 19.4 Å². The average Bonchev–Trinajstić information content (AvgIpc) is 3.25. The number of aryl methyl sites for hydroxylation is 2. The molecule has 2 aliphatic rings. The van der Waals surface area contributed by atoms with E-state index in [4.69, 9.17) is 0 Å². The van der Waals surface area contributed by atoms with Gasteiger partial charge in [0.2, 0.25) is 5.91 Å². The van der Waals surface area contributed by atoms with Crippen molar-refractivity contribution in [3.63, 3.8) is 0 Å². The van der Waals surface area contributed by atoms with Gasteiger partial charge in [0.15, 0.2) is 0 Å². The number of hydrogen-bond acceptors (Lipinski definition) is 5. The highest BCUT2D eigenvalue weighted by atomic mass is 32.1. The third kappa shape index (κ3) is 3.57. The maximum Gasteiger partial charge on any atom is 0.251 e. The molecule has 5 nitrogen and oxygen atoms in total. The van der Waals surface area contributed by atoms with Gasteiger partial charge in [0.1, 0.15) is 0 Å². The predicted molar refractivity (Wildman–Crippen MR) is 108 cm³/mol. The van der Waals surface area contributed by atoms with Crippen LogP contribution in [0.25, 0.3) is 0 Å². The minimum atomic E-state index is -0.319. The Morgan fingerprint density at radius 3 is 2.33 bits per heavy atom. The second kappa shape index (κ2) is 7.54. The number of nitrogens with zero attached hydrogens (tertiary/aromatic N) is 3. The number of thiophene rings is 1. The maximum absolute atomic E-state index is 13.1. The molecule has 2 saturated heterocycles. The summed E-state index contributed by atoms with van der Waals surface area (Å²) < 4.78 is 0. The Hall–Kier alpha value is -2.02. The smallest absolute Gasteiger partial charge is 0.251 e. The van der Waals surface area contributed by atoms with Crippen molar-refractivity contribution in [3.05, 3.63) is 51.7 Å². The molecule has 0 spiro atoms. The van der Waals surface area contributed by atoms with E-state index in [1.54, 1.807) is 11.3 Å². The highest BCUT2D eigenvalue weighted by molar-refractivity contribution is 7.09. The number of hydrogen-bond donors (Lipinski definition) is 0. The molecular formula is C21H25N3O2S. The first-order chi connectivity index (χ1) is 13.0. The van der Waals surface area contributed by atoms with E-state index < -0.39 is 0 Å². The zero-order valence-corrected chi connectivity index (χ0v) is 16.7. The van der Waals surface area contributed by atoms with Crippen molar-refractivity contribution >= 4 is 28.8 Å². The minimum absolute atomic E-state index is 0.0656. The lowest BCUT2D eigenvalue weighted by atomic mass is 10.1. The number of para-hydroxylation sites is 1. The maximum atomic E-state index is 13.1. The van der Waals surface area contributed by atoms with Crippen LogP contribution < -0.4 is 4.90 Å². The molecule has 2 aliphatic heterocycles. The summed E-state index contributed by atoms with van der Waals surface area (Å²) in [6.45, 7) is 8.40. The third-order valence-corrected chi connectivity index (χ3v) is 6.45. The van der Waals surface area contributed by atoms with Gasteiger partial charge in [-0.2, -0.15) is 0 Å². The summed E-state index contributed by atoms with van der Waals surface area (Å²) in [6.07, 6.45) is 0.289. The van der Waals surface area contributed by atoms with Crippen molar-refractivity contribution in [2.24, 2.45) is 0 Å². The number of rotatable bonds is 4. The van der Waals surface area contributed by atoms with E-state index in [1.807, 2.05) is 32.0 Å². The molecule has 1 aromatic carbocycles. The normalized spacial score (nSPS) is 22.0. The molecule has 2 amide bonds. The zero-order chi connectivity index (χ0) is 19.0. The highest BCUT2D eigenvalue weighted by Crippen LogP contribution is 2.31. The van der Waals surface area contributed by atoms with Crippen LogP contribution in [0, 0.1) is 13.8 Å². The molecule has 4 rings (SSSR count). The monoisotopic (exact) mass is 383 g/mol. The number of piperazine rings is 1. The van der Waals surface area contributed by atoms with Gasteiger partial charge in [0, 0.05) is 37.6 Å². The lowest BCUT2D eigenvalue weighted by molar-refractivity contribution is -0.123. The summed E-state index contributed by atoms with van der Waals surface area (Å²) in [7, 11) is 0. The van der Waals surface area contributed by atoms with Gasteiger partial charge in [-0.15, -0.1) is 11.3 Å². The van der Waals surface area contributed by atoms with Crippen molar-refractivity contribution in [2.45, 2.75) is 32.9 Å². The molecule has 6 heteroatoms. The molecule has 0 saturated carbocycles. The Morgan fingerprint density at radius 1 is 1.00 bits per heavy atom. The molecule has 1 atom stereocenters. The van der Waals surface area contributed by atoms with Crippen molar-refractivity contribution in [3.8, 4) is 0 Å². The topological polar surface area (TPSA) is 43.9 Å². The van der Waals surface area contributed by atoms with Gasteiger partial charge in [0.25, 0.3) is 5.91 Å². The predicted octanol–water partition coefficient (Wildman–Crippen LogP) is 2.81. The highest BCUT2D eigenvalue weighted by Gasteiger charge is 2.44. The number of carbonyl (C=O) groups excluding carboxylic acids is 2. The second-order valence-electron chi connectivity index (χ2n) is 7.42. The summed E-state index contributed by atoms with van der Waals surface area (Å²) in [5.41, 5.74) is 2.71. The molecule has 0 radical (unpaired) electrons. The Balaban J connectivity index is 1.44. The molecule has 142 valence electrons. The van der Waals surface area contributed by atoms with Gasteiger partial charge in [-0.25, -0.2) is 4.90 Å². The fourth-order valence-corrected chi connectivity index (χ4v) is 4.90. The number of benzene rings is 1. The van der Waals surface area contributed by atoms with Crippen molar-refractivity contribution in [2.75, 3.05) is 31.1 Å². The number of carbonyl (C=O) groups is 2. The van der Waals surface area contributed by atoms with Crippen molar-refractivity contribution in [1.29, 1.82) is 0 Å². The van der Waals surface area contributed by atoms with Crippen molar-refractivity contribution in [1.82, 2.24) is 9.80 Å². The van der Waals surface area contributed by atoms with E-state index in [1.165, 1.54) is 9.78 Å². The van der Waals surface area contributed by atoms with E-state index in [0.717, 1.165) is 49.5 Å². The molecule has 2 fully saturated rings. The molecule has 0 N–H and O–H groups in total. The summed E-state index contributed by atoms with van der Waals surface area (Å²) in [5, 5.41) is 2.11. The summed E-state index contributed by atoms with van der Waals surface area (Å²) in [4.78, 5) is 33.2. The molecule has 1 aromatic heterocycles. The SMILES string of the molecule is Cc1cccc(C)c1N1C(=O)C[C@@H](N2CCN(Cc3cccs3)CC2)C1=O. The van der Waals surface area contributed by atoms with Crippen molar-refractivity contribution < 1.29 is 9.59 Å². The Labute approximate surface area is 164 Å². The van der Waals surface area contributed by atoms with Crippen LogP contribution in [0.2, 0.25) is 0 Å². The molecule has 0 bridgehead atoms. The molecule has 0 aliphatic carbocycles. The number of anilines is 1. The lowest BCUT2D eigenvalue weighted by Gasteiger charge is -2.36. The number of amides is 2. The standard InChI is InChI=1S/C21H25N3O2S/c1-15-5-3-6-16(2)20(15)24-19(25)13-18(21(24)26)23-10-8-22(9-11-23)14-17-7-4-12-27-17/h3-7,12,18H,8-11,13-14H2,1-2H3/t18-/m1/s1. The third-order valence-electron chi connectivity index (χ3n) is 5.59. The Kier molecular flexibility index (Phi) is 5.12. The van der Waals surface area contributed by atoms with Crippen LogP contribution in [0.1, 0.15) is 22.4 Å². The van der Waals surface area contributed by atoms with Gasteiger partial charge < -0.3 is 0 Å². The fourth-order valence-electron chi connectivity index (χ4n) is 4.15. The van der Waals surface area contributed by atoms with Crippen LogP contribution in [0.5, 0.6) is 0 Å². The van der Waals surface area contributed by atoms with Crippen LogP contribution in [0.4, 0.5) is 5.69 Å². The molecular weight excluding hydrogens is 358 g/mol. The quantitative estimate of drug-likeness (QED) is 0.762. The summed E-state index contributed by atoms with van der Waals surface area (Å²) >= 11 is 1.78. The lowest BCUT2D eigenvalue weighted by Crippen LogP contribution is -2.52. The van der Waals surface area contributed by atoms with Gasteiger partial charge in [-0.05, 0) is 36.4 Å². The van der Waals surface area contributed by atoms with Crippen LogP contribution in [-0.2, 0) is 16.1 Å². The van der Waals surface area contributed by atoms with Gasteiger partial charge >= 0.3 is 0 Å². The second-order valence-corrected chi connectivity index (χ2v) is 8.45. The fraction of sp³-hybridized carbons (Fsp3) is 0.429. The van der Waals surface area contributed by atoms with E-state index in [2.05, 4.69) is 27.3 Å².